The maximum absolute atomic E-state index is 13.6. The summed E-state index contributed by atoms with van der Waals surface area (Å²) in [6.07, 6.45) is 1.01. The van der Waals surface area contributed by atoms with Crippen LogP contribution in [0.3, 0.4) is 0 Å². The minimum absolute atomic E-state index is 0.0318. The van der Waals surface area contributed by atoms with Crippen molar-refractivity contribution in [2.75, 3.05) is 29.5 Å². The third-order valence-corrected chi connectivity index (χ3v) is 6.27. The molecule has 0 aromatic heterocycles. The number of carbonyl (C=O) groups excluding carboxylic acids is 1. The van der Waals surface area contributed by atoms with Crippen LogP contribution >= 0.6 is 11.6 Å². The zero-order chi connectivity index (χ0) is 25.6. The van der Waals surface area contributed by atoms with Gasteiger partial charge in [-0.3, -0.25) is 9.10 Å². The molecule has 0 fully saturated rings. The Hall–Kier alpha value is -3.37. The van der Waals surface area contributed by atoms with Crippen molar-refractivity contribution in [1.29, 1.82) is 0 Å². The van der Waals surface area contributed by atoms with Crippen molar-refractivity contribution in [3.63, 3.8) is 0 Å². The molecule has 0 atom stereocenters. The van der Waals surface area contributed by atoms with Gasteiger partial charge in [0.05, 0.1) is 24.7 Å². The lowest BCUT2D eigenvalue weighted by atomic mass is 10.2. The van der Waals surface area contributed by atoms with Crippen LogP contribution in [0.5, 0.6) is 17.2 Å². The molecule has 0 saturated heterocycles. The quantitative estimate of drug-likeness (QED) is 0.373. The zero-order valence-corrected chi connectivity index (χ0v) is 20.5. The third kappa shape index (κ3) is 7.30. The summed E-state index contributed by atoms with van der Waals surface area (Å²) in [5.74, 6) is -1.25. The third-order valence-electron chi connectivity index (χ3n) is 4.84. The van der Waals surface area contributed by atoms with Crippen molar-refractivity contribution in [2.24, 2.45) is 0 Å². The van der Waals surface area contributed by atoms with E-state index in [0.717, 1.165) is 28.8 Å². The van der Waals surface area contributed by atoms with Crippen LogP contribution in [0, 0.1) is 11.6 Å². The lowest BCUT2D eigenvalue weighted by molar-refractivity contribution is -0.116. The van der Waals surface area contributed by atoms with Gasteiger partial charge in [0.25, 0.3) is 0 Å². The first-order chi connectivity index (χ1) is 16.6. The summed E-state index contributed by atoms with van der Waals surface area (Å²) < 4.78 is 63.1. The van der Waals surface area contributed by atoms with Crippen molar-refractivity contribution in [3.8, 4) is 17.2 Å². The maximum Gasteiger partial charge on any atom is 0.232 e. The second-order valence-electron chi connectivity index (χ2n) is 7.51. The number of ether oxygens (including phenoxy) is 2. The van der Waals surface area contributed by atoms with E-state index >= 15 is 0 Å². The Kier molecular flexibility index (Phi) is 8.52. The Balaban J connectivity index is 1.67. The molecule has 0 saturated carbocycles. The largest absolute Gasteiger partial charge is 0.497 e. The fraction of sp³-hybridized carbons (Fsp3) is 0.208. The van der Waals surface area contributed by atoms with Crippen LogP contribution in [0.4, 0.5) is 20.2 Å². The highest BCUT2D eigenvalue weighted by Crippen LogP contribution is 2.33. The normalized spacial score (nSPS) is 11.1. The molecule has 3 aromatic rings. The monoisotopic (exact) mass is 524 g/mol. The number of nitrogens with zero attached hydrogens (tertiary/aromatic N) is 1. The Labute approximate surface area is 207 Å². The molecule has 0 aliphatic rings. The van der Waals surface area contributed by atoms with E-state index in [2.05, 4.69) is 5.32 Å². The Morgan fingerprint density at radius 2 is 1.77 bits per heavy atom. The molecule has 0 heterocycles. The van der Waals surface area contributed by atoms with Crippen molar-refractivity contribution >= 4 is 38.9 Å². The molecule has 1 amide bonds. The number of carbonyl (C=O) groups is 1. The van der Waals surface area contributed by atoms with Gasteiger partial charge in [-0.1, -0.05) is 17.7 Å². The number of sulfonamides is 1. The summed E-state index contributed by atoms with van der Waals surface area (Å²) in [7, 11) is -2.26. The number of amides is 1. The van der Waals surface area contributed by atoms with E-state index in [4.69, 9.17) is 21.1 Å². The van der Waals surface area contributed by atoms with Crippen LogP contribution in [-0.2, 0) is 14.8 Å². The van der Waals surface area contributed by atoms with E-state index in [1.165, 1.54) is 13.2 Å². The molecule has 1 N–H and O–H groups in total. The van der Waals surface area contributed by atoms with E-state index in [1.807, 2.05) is 0 Å². The number of hydrogen-bond acceptors (Lipinski definition) is 5. The van der Waals surface area contributed by atoms with Gasteiger partial charge in [-0.15, -0.1) is 0 Å². The molecule has 0 aliphatic heterocycles. The first-order valence-corrected chi connectivity index (χ1v) is 12.6. The average molecular weight is 525 g/mol. The van der Waals surface area contributed by atoms with Gasteiger partial charge in [0.1, 0.15) is 11.5 Å². The number of hydrogen-bond donors (Lipinski definition) is 1. The van der Waals surface area contributed by atoms with E-state index < -0.39 is 27.6 Å². The molecule has 0 spiro atoms. The van der Waals surface area contributed by atoms with Crippen molar-refractivity contribution in [1.82, 2.24) is 0 Å². The second-order valence-corrected chi connectivity index (χ2v) is 9.85. The molecule has 11 heteroatoms. The van der Waals surface area contributed by atoms with Gasteiger partial charge in [-0.25, -0.2) is 17.2 Å². The Bertz CT molecular complexity index is 1320. The van der Waals surface area contributed by atoms with Crippen LogP contribution in [0.15, 0.2) is 60.7 Å². The highest BCUT2D eigenvalue weighted by molar-refractivity contribution is 7.92. The highest BCUT2D eigenvalue weighted by Gasteiger charge is 2.19. The predicted octanol–water partition coefficient (Wildman–Crippen LogP) is 5.60. The van der Waals surface area contributed by atoms with Crippen LogP contribution in [0.2, 0.25) is 5.02 Å². The van der Waals surface area contributed by atoms with Crippen molar-refractivity contribution in [3.05, 3.63) is 77.3 Å². The SMILES string of the molecule is COc1cccc(Oc2ccc(Cl)cc2NC(=O)CCCN(c2ccc(F)c(F)c2)S(C)(=O)=O)c1. The summed E-state index contributed by atoms with van der Waals surface area (Å²) in [6.45, 7) is -0.111. The molecule has 35 heavy (non-hydrogen) atoms. The summed E-state index contributed by atoms with van der Waals surface area (Å²) >= 11 is 6.08. The Morgan fingerprint density at radius 1 is 1.03 bits per heavy atom. The van der Waals surface area contributed by atoms with E-state index in [9.17, 15) is 22.0 Å². The molecule has 0 bridgehead atoms. The number of methoxy groups -OCH3 is 1. The average Bonchev–Trinajstić information content (AvgIpc) is 2.80. The zero-order valence-electron chi connectivity index (χ0n) is 18.9. The summed E-state index contributed by atoms with van der Waals surface area (Å²) in [6, 6.07) is 14.5. The molecule has 186 valence electrons. The summed E-state index contributed by atoms with van der Waals surface area (Å²) in [5, 5.41) is 3.09. The number of anilines is 2. The molecule has 0 radical (unpaired) electrons. The highest BCUT2D eigenvalue weighted by atomic mass is 35.5. The van der Waals surface area contributed by atoms with Gasteiger partial charge in [-0.05, 0) is 48.9 Å². The number of nitrogens with one attached hydrogen (secondary N) is 1. The van der Waals surface area contributed by atoms with Crippen LogP contribution in [0.25, 0.3) is 0 Å². The van der Waals surface area contributed by atoms with Gasteiger partial charge in [-0.2, -0.15) is 0 Å². The van der Waals surface area contributed by atoms with Crippen molar-refractivity contribution in [2.45, 2.75) is 12.8 Å². The van der Waals surface area contributed by atoms with Gasteiger partial charge >= 0.3 is 0 Å². The first-order valence-electron chi connectivity index (χ1n) is 10.4. The van der Waals surface area contributed by atoms with Crippen molar-refractivity contribution < 1.29 is 31.5 Å². The molecule has 3 rings (SSSR count). The minimum Gasteiger partial charge on any atom is -0.497 e. The Morgan fingerprint density at radius 3 is 2.46 bits per heavy atom. The minimum atomic E-state index is -3.79. The van der Waals surface area contributed by atoms with Crippen LogP contribution in [0.1, 0.15) is 12.8 Å². The van der Waals surface area contributed by atoms with Gasteiger partial charge in [0, 0.05) is 30.1 Å². The molecular weight excluding hydrogens is 502 g/mol. The summed E-state index contributed by atoms with van der Waals surface area (Å²) in [5.41, 5.74) is 0.293. The summed E-state index contributed by atoms with van der Waals surface area (Å²) in [4.78, 5) is 12.6. The topological polar surface area (TPSA) is 84.9 Å². The molecular formula is C24H23ClF2N2O5S. The fourth-order valence-corrected chi connectivity index (χ4v) is 4.33. The molecule has 0 aliphatic carbocycles. The smallest absolute Gasteiger partial charge is 0.232 e. The maximum atomic E-state index is 13.6. The number of halogens is 3. The lowest BCUT2D eigenvalue weighted by Crippen LogP contribution is -2.31. The lowest BCUT2D eigenvalue weighted by Gasteiger charge is -2.22. The van der Waals surface area contributed by atoms with E-state index in [0.29, 0.717) is 28.0 Å². The van der Waals surface area contributed by atoms with Gasteiger partial charge in [0.15, 0.2) is 17.4 Å². The van der Waals surface area contributed by atoms with Crippen LogP contribution < -0.4 is 19.1 Å². The second kappa shape index (κ2) is 11.4. The molecule has 3 aromatic carbocycles. The van der Waals surface area contributed by atoms with E-state index in [1.54, 1.807) is 36.4 Å². The first kappa shape index (κ1) is 26.2. The standard InChI is InChI=1S/C24H23ClF2N2O5S/c1-33-18-5-3-6-19(15-18)34-23-11-8-16(25)13-22(23)28-24(30)7-4-12-29(35(2,31)32)17-9-10-20(26)21(27)14-17/h3,5-6,8-11,13-15H,4,7,12H2,1-2H3,(H,28,30). The molecule has 7 nitrogen and oxygen atoms in total. The van der Waals surface area contributed by atoms with Gasteiger partial charge in [0.2, 0.25) is 15.9 Å². The van der Waals surface area contributed by atoms with E-state index in [-0.39, 0.29) is 25.1 Å². The predicted molar refractivity (Wildman–Crippen MR) is 131 cm³/mol. The fourth-order valence-electron chi connectivity index (χ4n) is 3.20. The van der Waals surface area contributed by atoms with Crippen LogP contribution in [-0.4, -0.2) is 34.2 Å². The number of benzene rings is 3. The van der Waals surface area contributed by atoms with Gasteiger partial charge < -0.3 is 14.8 Å². The number of rotatable bonds is 10. The molecule has 0 unspecified atom stereocenters.